The van der Waals surface area contributed by atoms with Crippen LogP contribution >= 0.6 is 0 Å². The van der Waals surface area contributed by atoms with E-state index in [9.17, 15) is 4.79 Å². The largest absolute Gasteiger partial charge is 0.481 e. The molecule has 32 heavy (non-hydrogen) atoms. The summed E-state index contributed by atoms with van der Waals surface area (Å²) < 4.78 is 1.41. The van der Waals surface area contributed by atoms with Gasteiger partial charge in [-0.05, 0) is 57.8 Å². The third-order valence-electron chi connectivity index (χ3n) is 7.23. The zero-order valence-corrected chi connectivity index (χ0v) is 22.5. The highest BCUT2D eigenvalue weighted by Gasteiger charge is 2.25. The monoisotopic (exact) mass is 454 g/mol. The van der Waals surface area contributed by atoms with Crippen molar-refractivity contribution in [2.75, 3.05) is 26.2 Å². The molecule has 0 aliphatic rings. The van der Waals surface area contributed by atoms with Crippen LogP contribution in [0.1, 0.15) is 156 Å². The average molecular weight is 455 g/mol. The second-order valence-electron chi connectivity index (χ2n) is 10.4. The first-order valence-electron chi connectivity index (χ1n) is 14.7. The van der Waals surface area contributed by atoms with E-state index in [1.807, 2.05) is 0 Å². The van der Waals surface area contributed by atoms with E-state index in [-0.39, 0.29) is 0 Å². The van der Waals surface area contributed by atoms with Crippen molar-refractivity contribution in [3.63, 3.8) is 0 Å². The minimum Gasteiger partial charge on any atom is -0.481 e. The molecule has 0 unspecified atom stereocenters. The molecule has 3 heteroatoms. The number of carboxylic acid groups (broad SMARTS) is 1. The smallest absolute Gasteiger partial charge is 0.303 e. The maximum Gasteiger partial charge on any atom is 0.303 e. The fourth-order valence-corrected chi connectivity index (χ4v) is 5.08. The molecule has 3 nitrogen and oxygen atoms in total. The molecule has 0 aliphatic heterocycles. The summed E-state index contributed by atoms with van der Waals surface area (Å²) in [4.78, 5) is 10.6. The summed E-state index contributed by atoms with van der Waals surface area (Å²) in [5, 5.41) is 8.72. The molecule has 0 aromatic rings. The fraction of sp³-hybridized carbons (Fsp3) is 0.966. The number of nitrogens with zero attached hydrogens (tertiary/aromatic N) is 1. The van der Waals surface area contributed by atoms with Crippen LogP contribution < -0.4 is 0 Å². The van der Waals surface area contributed by atoms with Gasteiger partial charge in [0.05, 0.1) is 26.2 Å². The van der Waals surface area contributed by atoms with Gasteiger partial charge in [0, 0.05) is 6.42 Å². The van der Waals surface area contributed by atoms with Crippen molar-refractivity contribution in [2.45, 2.75) is 156 Å². The lowest BCUT2D eigenvalue weighted by atomic mass is 10.0. The summed E-state index contributed by atoms with van der Waals surface area (Å²) in [6.45, 7) is 12.6. The minimum absolute atomic E-state index is 0.342. The Kier molecular flexibility index (Phi) is 23.2. The van der Waals surface area contributed by atoms with Crippen LogP contribution in [-0.2, 0) is 4.79 Å². The highest BCUT2D eigenvalue weighted by Crippen LogP contribution is 2.20. The second-order valence-corrected chi connectivity index (χ2v) is 10.4. The Hall–Kier alpha value is -0.570. The maximum absolute atomic E-state index is 10.6. The predicted octanol–water partition coefficient (Wildman–Crippen LogP) is 9.14. The van der Waals surface area contributed by atoms with Gasteiger partial charge < -0.3 is 9.59 Å². The normalized spacial score (nSPS) is 11.8. The van der Waals surface area contributed by atoms with E-state index in [1.54, 1.807) is 0 Å². The number of rotatable bonds is 26. The van der Waals surface area contributed by atoms with Crippen molar-refractivity contribution in [2.24, 2.45) is 0 Å². The van der Waals surface area contributed by atoms with Crippen LogP contribution in [0.15, 0.2) is 0 Å². The zero-order chi connectivity index (χ0) is 23.8. The van der Waals surface area contributed by atoms with E-state index in [4.69, 9.17) is 5.11 Å². The van der Waals surface area contributed by atoms with E-state index < -0.39 is 5.97 Å². The van der Waals surface area contributed by atoms with E-state index in [1.165, 1.54) is 146 Å². The van der Waals surface area contributed by atoms with E-state index in [0.29, 0.717) is 6.42 Å². The number of unbranched alkanes of at least 4 members (excludes halogenated alkanes) is 16. The van der Waals surface area contributed by atoms with Crippen LogP contribution in [0.5, 0.6) is 0 Å². The Balaban J connectivity index is 4.43. The molecule has 0 radical (unpaired) electrons. The minimum atomic E-state index is -0.648. The third kappa shape index (κ3) is 20.1. The summed E-state index contributed by atoms with van der Waals surface area (Å²) in [6.07, 6.45) is 27.0. The first kappa shape index (κ1) is 31.4. The number of aliphatic carboxylic acids is 1. The molecule has 192 valence electrons. The molecule has 0 aliphatic carbocycles. The molecular weight excluding hydrogens is 394 g/mol. The van der Waals surface area contributed by atoms with Crippen LogP contribution in [0.2, 0.25) is 0 Å². The van der Waals surface area contributed by atoms with Crippen molar-refractivity contribution in [1.82, 2.24) is 0 Å². The van der Waals surface area contributed by atoms with Gasteiger partial charge >= 0.3 is 5.97 Å². The highest BCUT2D eigenvalue weighted by atomic mass is 16.4. The lowest BCUT2D eigenvalue weighted by Gasteiger charge is -2.39. The summed E-state index contributed by atoms with van der Waals surface area (Å²) in [7, 11) is 0. The van der Waals surface area contributed by atoms with Crippen LogP contribution in [-0.4, -0.2) is 41.7 Å². The standard InChI is InChI=1S/C29H59NO2/c1-4-7-10-20-25-30(26-21-11-8-5-2,27-22-12-9-6-3)28-23-18-16-14-13-15-17-19-24-29(31)32/h4-28H2,1-3H3/p+1. The molecule has 1 N–H and O–H groups in total. The van der Waals surface area contributed by atoms with Crippen molar-refractivity contribution < 1.29 is 14.4 Å². The number of hydrogen-bond donors (Lipinski definition) is 1. The fourth-order valence-electron chi connectivity index (χ4n) is 5.08. The summed E-state index contributed by atoms with van der Waals surface area (Å²) in [6, 6.07) is 0. The summed E-state index contributed by atoms with van der Waals surface area (Å²) in [5.74, 6) is -0.648. The maximum atomic E-state index is 10.6. The molecule has 0 aromatic carbocycles. The summed E-state index contributed by atoms with van der Waals surface area (Å²) >= 11 is 0. The molecule has 0 atom stereocenters. The lowest BCUT2D eigenvalue weighted by Crippen LogP contribution is -2.50. The van der Waals surface area contributed by atoms with E-state index in [2.05, 4.69) is 20.8 Å². The van der Waals surface area contributed by atoms with Crippen molar-refractivity contribution in [1.29, 1.82) is 0 Å². The lowest BCUT2D eigenvalue weighted by molar-refractivity contribution is -0.929. The Morgan fingerprint density at radius 1 is 0.469 bits per heavy atom. The number of hydrogen-bond acceptors (Lipinski definition) is 1. The van der Waals surface area contributed by atoms with Crippen LogP contribution in [0.25, 0.3) is 0 Å². The van der Waals surface area contributed by atoms with Crippen LogP contribution in [0.4, 0.5) is 0 Å². The Morgan fingerprint density at radius 2 is 0.750 bits per heavy atom. The molecule has 0 rings (SSSR count). The molecule has 0 spiro atoms. The van der Waals surface area contributed by atoms with Gasteiger partial charge in [-0.3, -0.25) is 4.79 Å². The zero-order valence-electron chi connectivity index (χ0n) is 22.5. The summed E-state index contributed by atoms with van der Waals surface area (Å²) in [5.41, 5.74) is 0. The topological polar surface area (TPSA) is 37.3 Å². The van der Waals surface area contributed by atoms with Gasteiger partial charge in [0.2, 0.25) is 0 Å². The molecule has 0 fully saturated rings. The van der Waals surface area contributed by atoms with Crippen molar-refractivity contribution in [3.05, 3.63) is 0 Å². The van der Waals surface area contributed by atoms with Gasteiger partial charge in [-0.15, -0.1) is 0 Å². The molecule has 0 saturated heterocycles. The molecule has 0 saturated carbocycles. The van der Waals surface area contributed by atoms with Gasteiger partial charge in [0.15, 0.2) is 0 Å². The van der Waals surface area contributed by atoms with Gasteiger partial charge in [-0.1, -0.05) is 91.4 Å². The molecule has 0 bridgehead atoms. The Labute approximate surface area is 202 Å². The van der Waals surface area contributed by atoms with Gasteiger partial charge in [-0.25, -0.2) is 0 Å². The third-order valence-corrected chi connectivity index (χ3v) is 7.23. The quantitative estimate of drug-likeness (QED) is 0.104. The Morgan fingerprint density at radius 3 is 1.06 bits per heavy atom. The van der Waals surface area contributed by atoms with Gasteiger partial charge in [-0.2, -0.15) is 0 Å². The number of quaternary nitrogens is 1. The van der Waals surface area contributed by atoms with E-state index >= 15 is 0 Å². The van der Waals surface area contributed by atoms with Gasteiger partial charge in [0.25, 0.3) is 0 Å². The Bertz CT molecular complexity index is 365. The van der Waals surface area contributed by atoms with Crippen LogP contribution in [0.3, 0.4) is 0 Å². The predicted molar refractivity (Wildman–Crippen MR) is 141 cm³/mol. The SMILES string of the molecule is CCCCCC[N+](CCCCCC)(CCCCCC)CCCCCCCCCCC(=O)O. The molecule has 0 heterocycles. The molecule has 0 amide bonds. The van der Waals surface area contributed by atoms with Crippen molar-refractivity contribution in [3.8, 4) is 0 Å². The first-order chi connectivity index (χ1) is 15.6. The molecular formula is C29H60NO2+. The molecule has 0 aromatic heterocycles. The highest BCUT2D eigenvalue weighted by molar-refractivity contribution is 5.66. The number of carboxylic acids is 1. The first-order valence-corrected chi connectivity index (χ1v) is 14.7. The van der Waals surface area contributed by atoms with Crippen LogP contribution in [0, 0.1) is 0 Å². The van der Waals surface area contributed by atoms with Gasteiger partial charge in [0.1, 0.15) is 0 Å². The average Bonchev–Trinajstić information content (AvgIpc) is 2.78. The second kappa shape index (κ2) is 23.6. The van der Waals surface area contributed by atoms with Crippen molar-refractivity contribution >= 4 is 5.97 Å². The number of carbonyl (C=O) groups is 1. The van der Waals surface area contributed by atoms with E-state index in [0.717, 1.165) is 12.8 Å².